The number of β-amino-alcohol motifs (C(OH)–C–C–N with tert-alkyl or cyclic N) is 1. The third-order valence-electron chi connectivity index (χ3n) is 14.3. The largest absolute Gasteiger partial charge is 0.489 e. The van der Waals surface area contributed by atoms with Gasteiger partial charge in [-0.1, -0.05) is 84.3 Å². The second kappa shape index (κ2) is 21.5. The van der Waals surface area contributed by atoms with Gasteiger partial charge in [0, 0.05) is 74.0 Å². The summed E-state index contributed by atoms with van der Waals surface area (Å²) in [5.74, 6) is -0.610. The lowest BCUT2D eigenvalue weighted by atomic mass is 9.49. The number of benzene rings is 2. The van der Waals surface area contributed by atoms with E-state index in [1.807, 2.05) is 76.5 Å². The van der Waals surface area contributed by atoms with Crippen LogP contribution in [0.2, 0.25) is 5.02 Å². The molecular formula is C53H68ClN9O6S. The van der Waals surface area contributed by atoms with E-state index < -0.39 is 23.6 Å². The number of pyridine rings is 1. The minimum absolute atomic E-state index is 0.00702. The van der Waals surface area contributed by atoms with Crippen LogP contribution in [0.4, 0.5) is 0 Å². The Balaban J connectivity index is 0.833. The second-order valence-corrected chi connectivity index (χ2v) is 22.7. The smallest absolute Gasteiger partial charge is 0.253 e. The number of aryl methyl sites for hydroxylation is 2. The Labute approximate surface area is 421 Å². The lowest BCUT2D eigenvalue weighted by Crippen LogP contribution is -2.74. The highest BCUT2D eigenvalue weighted by Crippen LogP contribution is 2.55. The van der Waals surface area contributed by atoms with Crippen LogP contribution in [-0.4, -0.2) is 130 Å². The highest BCUT2D eigenvalue weighted by Gasteiger charge is 2.64. The maximum atomic E-state index is 14.2. The van der Waals surface area contributed by atoms with Crippen molar-refractivity contribution < 1.29 is 29.0 Å². The molecule has 3 fully saturated rings. The highest BCUT2D eigenvalue weighted by molar-refractivity contribution is 7.13. The molecule has 2 aliphatic heterocycles. The van der Waals surface area contributed by atoms with Crippen molar-refractivity contribution in [3.8, 4) is 22.3 Å². The number of carbonyl (C=O) groups excluding carboxylic acids is 4. The van der Waals surface area contributed by atoms with Crippen molar-refractivity contribution in [2.75, 3.05) is 45.8 Å². The van der Waals surface area contributed by atoms with Crippen molar-refractivity contribution in [1.29, 1.82) is 5.26 Å². The summed E-state index contributed by atoms with van der Waals surface area (Å²) >= 11 is 7.83. The van der Waals surface area contributed by atoms with E-state index >= 15 is 0 Å². The predicted octanol–water partition coefficient (Wildman–Crippen LogP) is 6.57. The number of hydrogen-bond donors (Lipinski definition) is 4. The average molecular weight is 995 g/mol. The summed E-state index contributed by atoms with van der Waals surface area (Å²) in [6.07, 6.45) is 2.32. The lowest BCUT2D eigenvalue weighted by Gasteiger charge is -2.63. The molecule has 4 N–H and O–H groups in total. The van der Waals surface area contributed by atoms with Crippen molar-refractivity contribution in [3.05, 3.63) is 99.4 Å². The fourth-order valence-electron chi connectivity index (χ4n) is 10.6. The number of aliphatic hydroxyl groups excluding tert-OH is 1. The number of ether oxygens (including phenoxy) is 1. The third kappa shape index (κ3) is 11.8. The molecule has 4 amide bonds. The van der Waals surface area contributed by atoms with Crippen molar-refractivity contribution in [2.45, 2.75) is 118 Å². The number of carbonyl (C=O) groups is 4. The molecule has 2 saturated heterocycles. The highest BCUT2D eigenvalue weighted by atomic mass is 35.5. The number of likely N-dealkylation sites (tertiary alicyclic amines) is 1. The molecule has 17 heteroatoms. The summed E-state index contributed by atoms with van der Waals surface area (Å²) in [4.78, 5) is 70.9. The van der Waals surface area contributed by atoms with E-state index in [9.17, 15) is 29.5 Å². The SMILES string of the molecule is Cc1ncsc1-c1ccc([C@H](C)NC(=O)[C@@H]2C[C@@H](O)CN2C(=O)[C@@H](NC(=O)CN2CCN(CCCc3ccc(C(=O)N[C@H]4C(C)(C)[C@H](Oc5ccc(C#N)c(Cl)c5)C4(C)C)cn3)CC2)C(C)(C)C)cc1. The van der Waals surface area contributed by atoms with Crippen molar-refractivity contribution in [3.63, 3.8) is 0 Å². The predicted molar refractivity (Wildman–Crippen MR) is 271 cm³/mol. The van der Waals surface area contributed by atoms with Crippen LogP contribution < -0.4 is 20.7 Å². The van der Waals surface area contributed by atoms with Crippen molar-refractivity contribution >= 4 is 46.6 Å². The van der Waals surface area contributed by atoms with Gasteiger partial charge in [-0.2, -0.15) is 5.26 Å². The van der Waals surface area contributed by atoms with Gasteiger partial charge in [0.1, 0.15) is 30.0 Å². The van der Waals surface area contributed by atoms with Gasteiger partial charge >= 0.3 is 0 Å². The molecule has 2 aromatic heterocycles. The minimum Gasteiger partial charge on any atom is -0.489 e. The minimum atomic E-state index is -0.906. The first-order chi connectivity index (χ1) is 33.1. The molecule has 2 aromatic carbocycles. The fraction of sp³-hybridized carbons (Fsp3) is 0.528. The average Bonchev–Trinajstić information content (AvgIpc) is 3.94. The number of aromatic nitrogens is 2. The number of thiazole rings is 1. The Morgan fingerprint density at radius 2 is 1.66 bits per heavy atom. The first-order valence-corrected chi connectivity index (χ1v) is 25.5. The third-order valence-corrected chi connectivity index (χ3v) is 15.6. The number of nitriles is 1. The standard InChI is InChI=1S/C53H68ClN9O6S/c1-32(34-12-14-35(15-13-34)44-33(2)57-31-70-44)58-47(67)42-25-39(64)29-63(42)48(68)45(51(3,4)5)59-43(65)30-62-23-21-61(22-24-62)20-10-11-38-18-16-37(28-56-38)46(66)60-49-52(6,7)50(53(49,8)9)69-40-19-17-36(27-55)41(54)26-40/h12-19,26,28,31-32,39,42,45,49-50,64H,10-11,20-25,29-30H2,1-9H3,(H,58,67)(H,59,65)(H,60,66)/t32-,39+,42-,45+,49-,50-/m0/s1. The molecule has 7 rings (SSSR count). The van der Waals surface area contributed by atoms with E-state index in [1.54, 1.807) is 35.7 Å². The van der Waals surface area contributed by atoms with Gasteiger partial charge in [0.05, 0.1) is 50.9 Å². The zero-order valence-electron chi connectivity index (χ0n) is 41.8. The summed E-state index contributed by atoms with van der Waals surface area (Å²) < 4.78 is 6.37. The molecule has 1 saturated carbocycles. The Bertz CT molecular complexity index is 2550. The molecule has 0 unspecified atom stereocenters. The first-order valence-electron chi connectivity index (χ1n) is 24.2. The quantitative estimate of drug-likeness (QED) is 0.0949. The van der Waals surface area contributed by atoms with E-state index in [0.717, 1.165) is 59.9 Å². The maximum Gasteiger partial charge on any atom is 0.253 e. The van der Waals surface area contributed by atoms with Crippen molar-refractivity contribution in [2.24, 2.45) is 16.2 Å². The van der Waals surface area contributed by atoms with E-state index in [1.165, 1.54) is 4.90 Å². The van der Waals surface area contributed by atoms with Crippen LogP contribution in [0.15, 0.2) is 66.3 Å². The number of aliphatic hydroxyl groups is 1. The van der Waals surface area contributed by atoms with E-state index in [4.69, 9.17) is 16.3 Å². The number of nitrogens with zero attached hydrogens (tertiary/aromatic N) is 6. The number of amides is 4. The molecule has 15 nitrogen and oxygen atoms in total. The van der Waals surface area contributed by atoms with Crippen LogP contribution in [0.3, 0.4) is 0 Å². The van der Waals surface area contributed by atoms with Gasteiger partial charge in [-0.05, 0) is 74.0 Å². The molecule has 0 radical (unpaired) electrons. The molecular weight excluding hydrogens is 926 g/mol. The van der Waals surface area contributed by atoms with Crippen LogP contribution >= 0.6 is 22.9 Å². The molecule has 3 aliphatic rings. The van der Waals surface area contributed by atoms with Gasteiger partial charge in [0.25, 0.3) is 5.91 Å². The molecule has 4 heterocycles. The number of piperazine rings is 1. The van der Waals surface area contributed by atoms with Gasteiger partial charge in [-0.3, -0.25) is 29.1 Å². The topological polar surface area (TPSA) is 193 Å². The Kier molecular flexibility index (Phi) is 16.1. The fourth-order valence-corrected chi connectivity index (χ4v) is 11.6. The molecule has 4 atom stereocenters. The van der Waals surface area contributed by atoms with Crippen LogP contribution in [0.25, 0.3) is 10.4 Å². The normalized spacial score (nSPS) is 22.0. The molecule has 374 valence electrons. The summed E-state index contributed by atoms with van der Waals surface area (Å²) in [6.45, 7) is 21.8. The molecule has 0 bridgehead atoms. The number of hydrogen-bond acceptors (Lipinski definition) is 12. The van der Waals surface area contributed by atoms with E-state index in [0.29, 0.717) is 35.0 Å². The lowest BCUT2D eigenvalue weighted by molar-refractivity contribution is -0.164. The van der Waals surface area contributed by atoms with Gasteiger partial charge in [-0.15, -0.1) is 11.3 Å². The van der Waals surface area contributed by atoms with Gasteiger partial charge < -0.3 is 35.6 Å². The zero-order valence-corrected chi connectivity index (χ0v) is 43.4. The van der Waals surface area contributed by atoms with Gasteiger partial charge in [-0.25, -0.2) is 4.98 Å². The first kappa shape index (κ1) is 52.4. The molecule has 0 spiro atoms. The van der Waals surface area contributed by atoms with Crippen molar-refractivity contribution in [1.82, 2.24) is 40.6 Å². The van der Waals surface area contributed by atoms with Crippen LogP contribution in [0.5, 0.6) is 5.75 Å². The monoisotopic (exact) mass is 993 g/mol. The van der Waals surface area contributed by atoms with Gasteiger partial charge in [0.2, 0.25) is 17.7 Å². The number of nitrogens with one attached hydrogen (secondary N) is 3. The number of rotatable bonds is 16. The van der Waals surface area contributed by atoms with Gasteiger partial charge in [0.15, 0.2) is 0 Å². The van der Waals surface area contributed by atoms with Crippen LogP contribution in [0.1, 0.15) is 107 Å². The Morgan fingerprint density at radius 3 is 2.26 bits per heavy atom. The molecule has 1 aliphatic carbocycles. The summed E-state index contributed by atoms with van der Waals surface area (Å²) in [5, 5.41) is 29.6. The second-order valence-electron chi connectivity index (χ2n) is 21.4. The number of halogens is 1. The summed E-state index contributed by atoms with van der Waals surface area (Å²) in [5.41, 5.74) is 5.11. The Morgan fingerprint density at radius 1 is 0.971 bits per heavy atom. The zero-order chi connectivity index (χ0) is 50.7. The molecule has 70 heavy (non-hydrogen) atoms. The Hall–Kier alpha value is -5.44. The van der Waals surface area contributed by atoms with E-state index in [-0.39, 0.29) is 72.2 Å². The van der Waals surface area contributed by atoms with E-state index in [2.05, 4.69) is 69.5 Å². The van der Waals surface area contributed by atoms with Crippen LogP contribution in [-0.2, 0) is 20.8 Å². The maximum absolute atomic E-state index is 14.2. The summed E-state index contributed by atoms with van der Waals surface area (Å²) in [6, 6.07) is 16.5. The molecule has 4 aromatic rings. The van der Waals surface area contributed by atoms with Crippen LogP contribution in [0, 0.1) is 34.5 Å². The summed E-state index contributed by atoms with van der Waals surface area (Å²) in [7, 11) is 0.